The first kappa shape index (κ1) is 15.9. The highest BCUT2D eigenvalue weighted by Gasteiger charge is 2.29. The van der Waals surface area contributed by atoms with E-state index in [4.69, 9.17) is 0 Å². The molecule has 20 heavy (non-hydrogen) atoms. The fourth-order valence-electron chi connectivity index (χ4n) is 2.40. The van der Waals surface area contributed by atoms with Gasteiger partial charge in [0, 0.05) is 17.6 Å². The highest BCUT2D eigenvalue weighted by molar-refractivity contribution is 9.10. The summed E-state index contributed by atoms with van der Waals surface area (Å²) in [5.74, 6) is -0.461. The van der Waals surface area contributed by atoms with E-state index in [0.717, 1.165) is 32.4 Å². The van der Waals surface area contributed by atoms with Crippen LogP contribution in [0.4, 0.5) is 4.39 Å². The van der Waals surface area contributed by atoms with Crippen molar-refractivity contribution >= 4 is 26.0 Å². The summed E-state index contributed by atoms with van der Waals surface area (Å²) in [7, 11) is -2.01. The van der Waals surface area contributed by atoms with Gasteiger partial charge in [0.2, 0.25) is 10.0 Å². The smallest absolute Gasteiger partial charge is 0.244 e. The molecule has 1 fully saturated rings. The van der Waals surface area contributed by atoms with Crippen molar-refractivity contribution in [2.24, 2.45) is 0 Å². The van der Waals surface area contributed by atoms with E-state index >= 15 is 0 Å². The molecule has 0 aliphatic carbocycles. The van der Waals surface area contributed by atoms with E-state index in [1.54, 1.807) is 7.05 Å². The summed E-state index contributed by atoms with van der Waals surface area (Å²) >= 11 is 3.13. The topological polar surface area (TPSA) is 49.4 Å². The Morgan fingerprint density at radius 1 is 1.35 bits per heavy atom. The van der Waals surface area contributed by atoms with Crippen LogP contribution in [0.15, 0.2) is 27.6 Å². The van der Waals surface area contributed by atoms with Crippen molar-refractivity contribution < 1.29 is 12.8 Å². The maximum atomic E-state index is 13.1. The molecule has 4 nitrogen and oxygen atoms in total. The SMILES string of the molecule is CN(C1CCCNCC1)S(=O)(=O)c1ccc(F)cc1Br. The fraction of sp³-hybridized carbons (Fsp3) is 0.538. The molecule has 7 heteroatoms. The second-order valence-electron chi connectivity index (χ2n) is 4.93. The lowest BCUT2D eigenvalue weighted by Gasteiger charge is -2.26. The van der Waals surface area contributed by atoms with E-state index in [9.17, 15) is 12.8 Å². The largest absolute Gasteiger partial charge is 0.317 e. The summed E-state index contributed by atoms with van der Waals surface area (Å²) in [6.45, 7) is 1.74. The van der Waals surface area contributed by atoms with E-state index < -0.39 is 15.8 Å². The van der Waals surface area contributed by atoms with Gasteiger partial charge in [-0.3, -0.25) is 0 Å². The molecule has 1 heterocycles. The third-order valence-electron chi connectivity index (χ3n) is 3.61. The molecule has 0 spiro atoms. The van der Waals surface area contributed by atoms with Gasteiger partial charge in [-0.2, -0.15) is 4.31 Å². The molecule has 1 N–H and O–H groups in total. The summed E-state index contributed by atoms with van der Waals surface area (Å²) in [4.78, 5) is 0.110. The Labute approximate surface area is 127 Å². The highest BCUT2D eigenvalue weighted by Crippen LogP contribution is 2.27. The van der Waals surface area contributed by atoms with Crippen LogP contribution in [0.5, 0.6) is 0 Å². The number of hydrogen-bond acceptors (Lipinski definition) is 3. The van der Waals surface area contributed by atoms with Gasteiger partial charge in [-0.1, -0.05) is 0 Å². The van der Waals surface area contributed by atoms with Gasteiger partial charge in [0.25, 0.3) is 0 Å². The first-order chi connectivity index (χ1) is 9.43. The molecule has 1 aliphatic rings. The van der Waals surface area contributed by atoms with Gasteiger partial charge in [-0.05, 0) is 66.5 Å². The number of hydrogen-bond donors (Lipinski definition) is 1. The summed E-state index contributed by atoms with van der Waals surface area (Å²) in [6.07, 6.45) is 2.57. The fourth-order valence-corrected chi connectivity index (χ4v) is 4.82. The molecule has 0 saturated carbocycles. The van der Waals surface area contributed by atoms with Crippen molar-refractivity contribution in [2.75, 3.05) is 20.1 Å². The van der Waals surface area contributed by atoms with Crippen molar-refractivity contribution in [3.8, 4) is 0 Å². The molecule has 1 atom stereocenters. The lowest BCUT2D eigenvalue weighted by Crippen LogP contribution is -2.37. The molecule has 0 radical (unpaired) electrons. The Balaban J connectivity index is 2.28. The predicted molar refractivity (Wildman–Crippen MR) is 79.6 cm³/mol. The molecular weight excluding hydrogens is 347 g/mol. The minimum absolute atomic E-state index is 0.0213. The van der Waals surface area contributed by atoms with E-state index in [1.807, 2.05) is 0 Å². The molecule has 1 aromatic rings. The van der Waals surface area contributed by atoms with Gasteiger partial charge in [0.15, 0.2) is 0 Å². The van der Waals surface area contributed by atoms with Crippen molar-refractivity contribution in [1.82, 2.24) is 9.62 Å². The second kappa shape index (κ2) is 6.51. The Morgan fingerprint density at radius 3 is 2.80 bits per heavy atom. The average Bonchev–Trinajstić information content (AvgIpc) is 2.66. The third-order valence-corrected chi connectivity index (χ3v) is 6.50. The summed E-state index contributed by atoms with van der Waals surface area (Å²) in [5.41, 5.74) is 0. The molecule has 1 unspecified atom stereocenters. The van der Waals surface area contributed by atoms with Gasteiger partial charge in [-0.15, -0.1) is 0 Å². The molecule has 112 valence electrons. The van der Waals surface area contributed by atoms with Crippen molar-refractivity contribution in [2.45, 2.75) is 30.2 Å². The average molecular weight is 365 g/mol. The summed E-state index contributed by atoms with van der Waals surface area (Å²) in [6, 6.07) is 3.63. The number of nitrogens with one attached hydrogen (secondary N) is 1. The molecular formula is C13H18BrFN2O2S. The van der Waals surface area contributed by atoms with Crippen molar-refractivity contribution in [3.05, 3.63) is 28.5 Å². The zero-order valence-corrected chi connectivity index (χ0v) is 13.7. The number of nitrogens with zero attached hydrogens (tertiary/aromatic N) is 1. The minimum Gasteiger partial charge on any atom is -0.317 e. The van der Waals surface area contributed by atoms with E-state index in [-0.39, 0.29) is 15.4 Å². The Bertz CT molecular complexity index is 572. The first-order valence-corrected chi connectivity index (χ1v) is 8.80. The molecule has 1 saturated heterocycles. The maximum Gasteiger partial charge on any atom is 0.244 e. The van der Waals surface area contributed by atoms with Gasteiger partial charge in [-0.25, -0.2) is 12.8 Å². The third kappa shape index (κ3) is 3.39. The lowest BCUT2D eigenvalue weighted by molar-refractivity contribution is 0.341. The van der Waals surface area contributed by atoms with Crippen LogP contribution in [0, 0.1) is 5.82 Å². The monoisotopic (exact) mass is 364 g/mol. The number of sulfonamides is 1. The molecule has 1 aromatic carbocycles. The van der Waals surface area contributed by atoms with Crippen LogP contribution < -0.4 is 5.32 Å². The van der Waals surface area contributed by atoms with Crippen LogP contribution in [0.25, 0.3) is 0 Å². The van der Waals surface area contributed by atoms with E-state index in [2.05, 4.69) is 21.2 Å². The molecule has 1 aliphatic heterocycles. The predicted octanol–water partition coefficient (Wildman–Crippen LogP) is 2.35. The summed E-state index contributed by atoms with van der Waals surface area (Å²) < 4.78 is 40.0. The van der Waals surface area contributed by atoms with E-state index in [0.29, 0.717) is 0 Å². The first-order valence-electron chi connectivity index (χ1n) is 6.57. The summed E-state index contributed by atoms with van der Waals surface area (Å²) in [5, 5.41) is 3.26. The maximum absolute atomic E-state index is 13.1. The van der Waals surface area contributed by atoms with Crippen LogP contribution in [-0.2, 0) is 10.0 Å². The Morgan fingerprint density at radius 2 is 2.10 bits per heavy atom. The zero-order valence-electron chi connectivity index (χ0n) is 11.3. The standard InChI is InChI=1S/C13H18BrFN2O2S/c1-17(11-3-2-7-16-8-6-11)20(18,19)13-5-4-10(15)9-12(13)14/h4-5,9,11,16H,2-3,6-8H2,1H3. The van der Waals surface area contributed by atoms with Crippen LogP contribution >= 0.6 is 15.9 Å². The number of halogens is 2. The Kier molecular flexibility index (Phi) is 5.17. The lowest BCUT2D eigenvalue weighted by atomic mass is 10.1. The van der Waals surface area contributed by atoms with Crippen molar-refractivity contribution in [3.63, 3.8) is 0 Å². The second-order valence-corrected chi connectivity index (χ2v) is 7.75. The number of benzene rings is 1. The quantitative estimate of drug-likeness (QED) is 0.895. The zero-order chi connectivity index (χ0) is 14.8. The van der Waals surface area contributed by atoms with Crippen LogP contribution in [0.3, 0.4) is 0 Å². The Hall–Kier alpha value is -0.500. The molecule has 0 aromatic heterocycles. The van der Waals surface area contributed by atoms with Gasteiger partial charge >= 0.3 is 0 Å². The van der Waals surface area contributed by atoms with Gasteiger partial charge in [0.05, 0.1) is 4.90 Å². The van der Waals surface area contributed by atoms with Crippen LogP contribution in [0.1, 0.15) is 19.3 Å². The van der Waals surface area contributed by atoms with Crippen LogP contribution in [0.2, 0.25) is 0 Å². The van der Waals surface area contributed by atoms with Crippen LogP contribution in [-0.4, -0.2) is 38.9 Å². The van der Waals surface area contributed by atoms with Gasteiger partial charge in [0.1, 0.15) is 5.82 Å². The molecule has 2 rings (SSSR count). The van der Waals surface area contributed by atoms with Gasteiger partial charge < -0.3 is 5.32 Å². The molecule has 0 amide bonds. The number of rotatable bonds is 3. The molecule has 0 bridgehead atoms. The van der Waals surface area contributed by atoms with Crippen molar-refractivity contribution in [1.29, 1.82) is 0 Å². The highest BCUT2D eigenvalue weighted by atomic mass is 79.9. The van der Waals surface area contributed by atoms with E-state index in [1.165, 1.54) is 22.5 Å². The minimum atomic E-state index is -3.61. The normalized spacial score (nSPS) is 20.9.